The Morgan fingerprint density at radius 2 is 0.314 bits per heavy atom. The van der Waals surface area contributed by atoms with E-state index in [9.17, 15) is 5.11 Å². The molecule has 102 heavy (non-hydrogen) atoms. The van der Waals surface area contributed by atoms with Crippen LogP contribution < -0.4 is 0 Å². The van der Waals surface area contributed by atoms with Gasteiger partial charge in [0.05, 0.1) is 11.7 Å². The molecule has 3 heteroatoms. The standard InChI is InChI=1S/C99H200O3/c1-7-13-19-25-31-37-43-49-55-61-67-73-79-85-91-97(100)99(94-88-82-76-70-64-58-52-46-40-34-28-22-16-10-4,102-96-90-84-78-72-66-60-54-48-42-36-30-24-18-12-6)98(92-86-80-74-68-62-56-50-44-38-32-26-20-14-8-2,93-87-81-75-69-63-57-51-45-39-33-27-21-15-9-3)101-95-89-83-77-71-65-59-53-47-41-35-29-23-17-11-5/h97,100H,7-96H2,1-6H3. The van der Waals surface area contributed by atoms with Crippen molar-refractivity contribution in [1.82, 2.24) is 0 Å². The van der Waals surface area contributed by atoms with Gasteiger partial charge in [-0.1, -0.05) is 568 Å². The van der Waals surface area contributed by atoms with E-state index in [0.29, 0.717) is 0 Å². The first-order chi connectivity index (χ1) is 50.5. The molecular formula is C99H200O3. The van der Waals surface area contributed by atoms with Crippen molar-refractivity contribution in [3.8, 4) is 0 Å². The predicted molar refractivity (Wildman–Crippen MR) is 464 cm³/mol. The number of aliphatic hydroxyl groups is 1. The molecule has 0 radical (unpaired) electrons. The topological polar surface area (TPSA) is 38.7 Å². The molecule has 0 fully saturated rings. The zero-order chi connectivity index (χ0) is 73.6. The lowest BCUT2D eigenvalue weighted by molar-refractivity contribution is -0.260. The van der Waals surface area contributed by atoms with E-state index in [1.54, 1.807) is 0 Å². The summed E-state index contributed by atoms with van der Waals surface area (Å²) in [5.41, 5.74) is -1.12. The maximum absolute atomic E-state index is 13.8. The van der Waals surface area contributed by atoms with E-state index in [0.717, 1.165) is 64.6 Å². The molecule has 0 aromatic carbocycles. The highest BCUT2D eigenvalue weighted by molar-refractivity contribution is 5.07. The lowest BCUT2D eigenvalue weighted by Gasteiger charge is -2.53. The predicted octanol–water partition coefficient (Wildman–Crippen LogP) is 36.3. The average molecular weight is 1440 g/mol. The fourth-order valence-electron chi connectivity index (χ4n) is 17.5. The van der Waals surface area contributed by atoms with Gasteiger partial charge in [0.1, 0.15) is 5.60 Å². The summed E-state index contributed by atoms with van der Waals surface area (Å²) in [7, 11) is 0. The fourth-order valence-corrected chi connectivity index (χ4v) is 17.5. The molecule has 614 valence electrons. The maximum Gasteiger partial charge on any atom is 0.123 e. The van der Waals surface area contributed by atoms with E-state index in [1.807, 2.05) is 0 Å². The molecule has 0 saturated carbocycles. The second-order valence-corrected chi connectivity index (χ2v) is 34.7. The van der Waals surface area contributed by atoms with E-state index >= 15 is 0 Å². The number of unbranched alkanes of at least 4 members (excludes halogenated alkanes) is 78. The summed E-state index contributed by atoms with van der Waals surface area (Å²) < 4.78 is 16.0. The molecule has 1 N–H and O–H groups in total. The lowest BCUT2D eigenvalue weighted by Crippen LogP contribution is -2.64. The Labute approximate surface area is 648 Å². The van der Waals surface area contributed by atoms with Gasteiger partial charge in [0.2, 0.25) is 0 Å². The third-order valence-corrected chi connectivity index (χ3v) is 24.6. The van der Waals surface area contributed by atoms with E-state index in [-0.39, 0.29) is 0 Å². The molecule has 0 aromatic heterocycles. The number of hydrogen-bond acceptors (Lipinski definition) is 3. The molecule has 0 heterocycles. The van der Waals surface area contributed by atoms with Crippen molar-refractivity contribution in [2.24, 2.45) is 0 Å². The van der Waals surface area contributed by atoms with Crippen LogP contribution in [0.3, 0.4) is 0 Å². The summed E-state index contributed by atoms with van der Waals surface area (Å²) in [6.07, 6.45) is 120. The minimum Gasteiger partial charge on any atom is -0.390 e. The first kappa shape index (κ1) is 102. The van der Waals surface area contributed by atoms with E-state index in [4.69, 9.17) is 9.47 Å². The molecule has 0 aliphatic rings. The molecule has 0 bridgehead atoms. The Hall–Kier alpha value is -0.120. The normalized spacial score (nSPS) is 13.0. The minimum atomic E-state index is -0.666. The Morgan fingerprint density at radius 3 is 0.510 bits per heavy atom. The highest BCUT2D eigenvalue weighted by atomic mass is 16.6. The number of hydrogen-bond donors (Lipinski definition) is 1. The van der Waals surface area contributed by atoms with Crippen molar-refractivity contribution >= 4 is 0 Å². The zero-order valence-corrected chi connectivity index (χ0v) is 72.5. The van der Waals surface area contributed by atoms with Gasteiger partial charge in [-0.3, -0.25) is 0 Å². The van der Waals surface area contributed by atoms with Gasteiger partial charge in [-0.15, -0.1) is 0 Å². The molecule has 0 aliphatic heterocycles. The molecule has 0 rings (SSSR count). The fraction of sp³-hybridized carbons (Fsp3) is 1.00. The third kappa shape index (κ3) is 70.3. The Morgan fingerprint density at radius 1 is 0.167 bits per heavy atom. The molecular weight excluding hydrogens is 1240 g/mol. The van der Waals surface area contributed by atoms with Crippen LogP contribution in [0.1, 0.15) is 607 Å². The van der Waals surface area contributed by atoms with E-state index in [1.165, 1.54) is 514 Å². The molecule has 2 atom stereocenters. The van der Waals surface area contributed by atoms with Gasteiger partial charge in [0, 0.05) is 13.2 Å². The van der Waals surface area contributed by atoms with Gasteiger partial charge in [0.25, 0.3) is 0 Å². The van der Waals surface area contributed by atoms with Crippen molar-refractivity contribution in [3.63, 3.8) is 0 Å². The van der Waals surface area contributed by atoms with E-state index in [2.05, 4.69) is 41.5 Å². The molecule has 0 aromatic rings. The first-order valence-corrected chi connectivity index (χ1v) is 49.5. The minimum absolute atomic E-state index is 0.459. The van der Waals surface area contributed by atoms with Crippen LogP contribution in [0.4, 0.5) is 0 Å². The summed E-state index contributed by atoms with van der Waals surface area (Å²) in [5, 5.41) is 13.8. The van der Waals surface area contributed by atoms with E-state index < -0.39 is 17.3 Å². The Bertz CT molecular complexity index is 1430. The van der Waals surface area contributed by atoms with Crippen LogP contribution in [0.2, 0.25) is 0 Å². The third-order valence-electron chi connectivity index (χ3n) is 24.6. The summed E-state index contributed by atoms with van der Waals surface area (Å²) in [6.45, 7) is 15.6. The Balaban J connectivity index is 7.03. The van der Waals surface area contributed by atoms with Crippen LogP contribution in [-0.2, 0) is 9.47 Å². The van der Waals surface area contributed by atoms with Gasteiger partial charge in [-0.2, -0.15) is 0 Å². The van der Waals surface area contributed by atoms with Crippen LogP contribution in [0.25, 0.3) is 0 Å². The number of rotatable bonds is 94. The summed E-state index contributed by atoms with van der Waals surface area (Å²) in [4.78, 5) is 0. The second-order valence-electron chi connectivity index (χ2n) is 34.7. The van der Waals surface area contributed by atoms with Gasteiger partial charge in [-0.05, 0) is 38.5 Å². The molecule has 0 spiro atoms. The SMILES string of the molecule is CCCCCCCCCCCCCCCCOC(CCCCCCCCCCCCCCCC)(CCCCCCCCCCCCCCCC)C(CCCCCCCCCCCCCCCC)(OCCCCCCCCCCCCCCCC)C(O)CCCCCCCCCCCCCCCC. The van der Waals surface area contributed by atoms with Gasteiger partial charge >= 0.3 is 0 Å². The molecule has 0 saturated heterocycles. The molecule has 2 unspecified atom stereocenters. The monoisotopic (exact) mass is 1440 g/mol. The molecule has 0 amide bonds. The average Bonchev–Trinajstić information content (AvgIpc) is 0.755. The second kappa shape index (κ2) is 88.1. The summed E-state index contributed by atoms with van der Waals surface area (Å²) in [5.74, 6) is 0. The molecule has 0 aliphatic carbocycles. The van der Waals surface area contributed by atoms with Crippen molar-refractivity contribution in [2.75, 3.05) is 13.2 Å². The van der Waals surface area contributed by atoms with Crippen LogP contribution in [0.15, 0.2) is 0 Å². The van der Waals surface area contributed by atoms with Crippen LogP contribution in [0, 0.1) is 0 Å². The van der Waals surface area contributed by atoms with Gasteiger partial charge < -0.3 is 14.6 Å². The highest BCUT2D eigenvalue weighted by Crippen LogP contribution is 2.47. The van der Waals surface area contributed by atoms with Crippen LogP contribution >= 0.6 is 0 Å². The van der Waals surface area contributed by atoms with Crippen molar-refractivity contribution < 1.29 is 14.6 Å². The van der Waals surface area contributed by atoms with Crippen LogP contribution in [0.5, 0.6) is 0 Å². The van der Waals surface area contributed by atoms with Gasteiger partial charge in [-0.25, -0.2) is 0 Å². The quantitative estimate of drug-likeness (QED) is 0.0617. The van der Waals surface area contributed by atoms with Crippen molar-refractivity contribution in [2.45, 2.75) is 624 Å². The van der Waals surface area contributed by atoms with Crippen molar-refractivity contribution in [3.05, 3.63) is 0 Å². The molecule has 3 nitrogen and oxygen atoms in total. The lowest BCUT2D eigenvalue weighted by atomic mass is 9.68. The van der Waals surface area contributed by atoms with Crippen molar-refractivity contribution in [1.29, 1.82) is 0 Å². The van der Waals surface area contributed by atoms with Gasteiger partial charge in [0.15, 0.2) is 0 Å². The first-order valence-electron chi connectivity index (χ1n) is 49.5. The number of ether oxygens (including phenoxy) is 2. The Kier molecular flexibility index (Phi) is 88.0. The smallest absolute Gasteiger partial charge is 0.123 e. The maximum atomic E-state index is 13.8. The zero-order valence-electron chi connectivity index (χ0n) is 72.5. The van der Waals surface area contributed by atoms with Crippen LogP contribution in [-0.4, -0.2) is 35.6 Å². The highest BCUT2D eigenvalue weighted by Gasteiger charge is 2.56. The summed E-state index contributed by atoms with van der Waals surface area (Å²) >= 11 is 0. The summed E-state index contributed by atoms with van der Waals surface area (Å²) in [6, 6.07) is 0. The largest absolute Gasteiger partial charge is 0.390 e. The number of aliphatic hydroxyl groups excluding tert-OH is 1.